The van der Waals surface area contributed by atoms with E-state index in [0.29, 0.717) is 37.4 Å². The van der Waals surface area contributed by atoms with Gasteiger partial charge in [0.15, 0.2) is 0 Å². The summed E-state index contributed by atoms with van der Waals surface area (Å²) >= 11 is 0. The molecular formula is C26H29N5O2. The summed E-state index contributed by atoms with van der Waals surface area (Å²) in [5, 5.41) is 18.0. The Morgan fingerprint density at radius 1 is 1.21 bits per heavy atom. The summed E-state index contributed by atoms with van der Waals surface area (Å²) in [5.41, 5.74) is 1.96. The van der Waals surface area contributed by atoms with Gasteiger partial charge in [0.05, 0.1) is 5.52 Å². The number of β-amino-alcohol motifs (C(OH)–C–C–N with tert-alkyl or cyclic N) is 1. The molecule has 170 valence electrons. The van der Waals surface area contributed by atoms with Crippen LogP contribution >= 0.6 is 0 Å². The minimum absolute atomic E-state index is 0.00360. The van der Waals surface area contributed by atoms with Crippen LogP contribution in [-0.2, 0) is 0 Å². The van der Waals surface area contributed by atoms with Crippen LogP contribution in [0.15, 0.2) is 48.8 Å². The average Bonchev–Trinajstić information content (AvgIpc) is 2.84. The normalized spacial score (nSPS) is 17.8. The molecule has 1 amide bonds. The van der Waals surface area contributed by atoms with Gasteiger partial charge in [0.1, 0.15) is 17.7 Å². The summed E-state index contributed by atoms with van der Waals surface area (Å²) in [6, 6.07) is 13.1. The molecule has 7 nitrogen and oxygen atoms in total. The van der Waals surface area contributed by atoms with Gasteiger partial charge in [-0.1, -0.05) is 17.9 Å². The highest BCUT2D eigenvalue weighted by Crippen LogP contribution is 2.25. The number of nitrogens with zero attached hydrogens (tertiary/aromatic N) is 3. The molecule has 0 radical (unpaired) electrons. The molecule has 2 aromatic carbocycles. The second kappa shape index (κ2) is 9.99. The number of nitrogens with one attached hydrogen (secondary N) is 2. The number of hydrogen-bond donors (Lipinski definition) is 3. The molecule has 1 fully saturated rings. The summed E-state index contributed by atoms with van der Waals surface area (Å²) in [7, 11) is 0. The number of hydrogen-bond acceptors (Lipinski definition) is 6. The predicted octanol–water partition coefficient (Wildman–Crippen LogP) is 3.32. The molecule has 1 aromatic heterocycles. The van der Waals surface area contributed by atoms with Crippen LogP contribution in [0.5, 0.6) is 0 Å². The number of rotatable bonds is 5. The van der Waals surface area contributed by atoms with Crippen LogP contribution in [0.25, 0.3) is 10.9 Å². The van der Waals surface area contributed by atoms with Gasteiger partial charge in [-0.25, -0.2) is 9.97 Å². The molecule has 3 aromatic rings. The lowest BCUT2D eigenvalue weighted by Crippen LogP contribution is -2.44. The number of piperidine rings is 1. The highest BCUT2D eigenvalue weighted by molar-refractivity contribution is 5.96. The molecule has 0 spiro atoms. The zero-order chi connectivity index (χ0) is 23.3. The van der Waals surface area contributed by atoms with Crippen LogP contribution in [0.2, 0.25) is 0 Å². The second-order valence-corrected chi connectivity index (χ2v) is 8.20. The molecule has 1 aliphatic rings. The van der Waals surface area contributed by atoms with Crippen molar-refractivity contribution in [2.24, 2.45) is 0 Å². The van der Waals surface area contributed by atoms with Gasteiger partial charge in [-0.2, -0.15) is 0 Å². The maximum atomic E-state index is 12.7. The number of aliphatic hydroxyl groups is 1. The van der Waals surface area contributed by atoms with Crippen molar-refractivity contribution in [2.75, 3.05) is 31.5 Å². The minimum Gasteiger partial charge on any atom is -0.376 e. The van der Waals surface area contributed by atoms with Crippen molar-refractivity contribution in [1.29, 1.82) is 0 Å². The van der Waals surface area contributed by atoms with E-state index in [1.807, 2.05) is 56.3 Å². The Morgan fingerprint density at radius 2 is 2.06 bits per heavy atom. The van der Waals surface area contributed by atoms with Crippen LogP contribution < -0.4 is 10.6 Å². The third-order valence-corrected chi connectivity index (χ3v) is 5.86. The van der Waals surface area contributed by atoms with E-state index in [1.54, 1.807) is 4.90 Å². The van der Waals surface area contributed by atoms with Crippen LogP contribution in [0.1, 0.15) is 42.6 Å². The van der Waals surface area contributed by atoms with Gasteiger partial charge < -0.3 is 20.6 Å². The number of amides is 1. The molecule has 1 atom stereocenters. The second-order valence-electron chi connectivity index (χ2n) is 8.20. The van der Waals surface area contributed by atoms with E-state index in [9.17, 15) is 9.90 Å². The van der Waals surface area contributed by atoms with Gasteiger partial charge in [-0.3, -0.25) is 4.79 Å². The standard InChI is InChI=1S/C26H29N5O2/c1-3-31(4-2)25(32)20-7-5-8-21(16-20)30-24-22-15-19(9-10-23(22)28-18-29-24)11-13-26(33)12-6-14-27-17-26/h5,7-10,15-16,18,27,33H,3-4,6,12,14,17H2,1-2H3,(H,28,29,30). The number of benzene rings is 2. The van der Waals surface area contributed by atoms with E-state index in [4.69, 9.17) is 0 Å². The Labute approximate surface area is 194 Å². The van der Waals surface area contributed by atoms with Crippen molar-refractivity contribution >= 4 is 28.3 Å². The highest BCUT2D eigenvalue weighted by atomic mass is 16.3. The molecule has 7 heteroatoms. The summed E-state index contributed by atoms with van der Waals surface area (Å²) in [4.78, 5) is 23.3. The van der Waals surface area contributed by atoms with Crippen LogP contribution in [0, 0.1) is 11.8 Å². The lowest BCUT2D eigenvalue weighted by Gasteiger charge is -2.27. The van der Waals surface area contributed by atoms with E-state index in [-0.39, 0.29) is 5.91 Å². The monoisotopic (exact) mass is 443 g/mol. The molecule has 1 saturated heterocycles. The third-order valence-electron chi connectivity index (χ3n) is 5.86. The van der Waals surface area contributed by atoms with E-state index in [2.05, 4.69) is 32.4 Å². The summed E-state index contributed by atoms with van der Waals surface area (Å²) in [6.45, 7) is 6.66. The molecule has 0 saturated carbocycles. The van der Waals surface area contributed by atoms with Crippen LogP contribution in [0.3, 0.4) is 0 Å². The van der Waals surface area contributed by atoms with Gasteiger partial charge in [0, 0.05) is 41.8 Å². The molecule has 1 aliphatic heterocycles. The largest absolute Gasteiger partial charge is 0.376 e. The average molecular weight is 444 g/mol. The molecule has 33 heavy (non-hydrogen) atoms. The smallest absolute Gasteiger partial charge is 0.253 e. The molecule has 3 N–H and O–H groups in total. The molecule has 0 bridgehead atoms. The Kier molecular flexibility index (Phi) is 6.87. The fraction of sp³-hybridized carbons (Fsp3) is 0.346. The van der Waals surface area contributed by atoms with Crippen molar-refractivity contribution in [3.63, 3.8) is 0 Å². The van der Waals surface area contributed by atoms with Gasteiger partial charge in [-0.15, -0.1) is 0 Å². The minimum atomic E-state index is -1.00. The van der Waals surface area contributed by atoms with Gasteiger partial charge in [-0.05, 0) is 69.6 Å². The van der Waals surface area contributed by atoms with E-state index >= 15 is 0 Å². The quantitative estimate of drug-likeness (QED) is 0.524. The Hall–Kier alpha value is -3.47. The zero-order valence-electron chi connectivity index (χ0n) is 19.1. The molecule has 2 heterocycles. The van der Waals surface area contributed by atoms with Crippen molar-refractivity contribution in [2.45, 2.75) is 32.3 Å². The Balaban J connectivity index is 1.62. The molecule has 4 rings (SSSR count). The van der Waals surface area contributed by atoms with Crippen molar-refractivity contribution in [3.8, 4) is 11.8 Å². The first-order valence-corrected chi connectivity index (χ1v) is 11.4. The van der Waals surface area contributed by atoms with E-state index in [1.165, 1.54) is 6.33 Å². The van der Waals surface area contributed by atoms with Gasteiger partial charge in [0.25, 0.3) is 5.91 Å². The maximum absolute atomic E-state index is 12.7. The van der Waals surface area contributed by atoms with E-state index < -0.39 is 5.60 Å². The van der Waals surface area contributed by atoms with Gasteiger partial charge >= 0.3 is 0 Å². The molecular weight excluding hydrogens is 414 g/mol. The Bertz CT molecular complexity index is 1200. The lowest BCUT2D eigenvalue weighted by molar-refractivity contribution is 0.0735. The van der Waals surface area contributed by atoms with E-state index in [0.717, 1.165) is 35.1 Å². The molecule has 0 aliphatic carbocycles. The fourth-order valence-corrected chi connectivity index (χ4v) is 3.98. The fourth-order valence-electron chi connectivity index (χ4n) is 3.98. The predicted molar refractivity (Wildman–Crippen MR) is 130 cm³/mol. The lowest BCUT2D eigenvalue weighted by atomic mass is 9.94. The number of carbonyl (C=O) groups excluding carboxylic acids is 1. The van der Waals surface area contributed by atoms with Gasteiger partial charge in [0.2, 0.25) is 0 Å². The Morgan fingerprint density at radius 3 is 2.82 bits per heavy atom. The summed E-state index contributed by atoms with van der Waals surface area (Å²) < 4.78 is 0. The highest BCUT2D eigenvalue weighted by Gasteiger charge is 2.26. The maximum Gasteiger partial charge on any atom is 0.253 e. The first kappa shape index (κ1) is 22.7. The topological polar surface area (TPSA) is 90.4 Å². The number of fused-ring (bicyclic) bond motifs is 1. The zero-order valence-corrected chi connectivity index (χ0v) is 19.1. The van der Waals surface area contributed by atoms with Crippen molar-refractivity contribution in [1.82, 2.24) is 20.2 Å². The first-order chi connectivity index (χ1) is 16.0. The van der Waals surface area contributed by atoms with Crippen LogP contribution in [-0.4, -0.2) is 57.7 Å². The third kappa shape index (κ3) is 5.30. The van der Waals surface area contributed by atoms with Crippen molar-refractivity contribution < 1.29 is 9.90 Å². The summed E-state index contributed by atoms with van der Waals surface area (Å²) in [6.07, 6.45) is 3.08. The number of carbonyl (C=O) groups is 1. The summed E-state index contributed by atoms with van der Waals surface area (Å²) in [5.74, 6) is 6.78. The number of anilines is 2. The molecule has 1 unspecified atom stereocenters. The first-order valence-electron chi connectivity index (χ1n) is 11.4. The SMILES string of the molecule is CCN(CC)C(=O)c1cccc(Nc2ncnc3ccc(C#CC4(O)CCCNC4)cc23)c1. The van der Waals surface area contributed by atoms with Crippen LogP contribution in [0.4, 0.5) is 11.5 Å². The van der Waals surface area contributed by atoms with Crippen molar-refractivity contribution in [3.05, 3.63) is 59.9 Å². The number of aromatic nitrogens is 2.